The van der Waals surface area contributed by atoms with Crippen molar-refractivity contribution in [3.05, 3.63) is 495 Å². The molecule has 3 heteroatoms. The Kier molecular flexibility index (Phi) is 16.0. The van der Waals surface area contributed by atoms with E-state index in [4.69, 9.17) is 13.3 Å². The number of rotatable bonds is 6. The summed E-state index contributed by atoms with van der Waals surface area (Å²) < 4.78 is 20.2. The van der Waals surface area contributed by atoms with Crippen LogP contribution < -0.4 is 0 Å². The monoisotopic (exact) mass is 1790 g/mol. The van der Waals surface area contributed by atoms with E-state index in [-0.39, 0.29) is 5.41 Å². The van der Waals surface area contributed by atoms with Crippen LogP contribution in [0.3, 0.4) is 0 Å². The van der Waals surface area contributed by atoms with E-state index in [9.17, 15) is 0 Å². The summed E-state index contributed by atoms with van der Waals surface area (Å²) in [4.78, 5) is 0. The third kappa shape index (κ3) is 10.9. The van der Waals surface area contributed by atoms with Crippen molar-refractivity contribution in [3.63, 3.8) is 0 Å². The van der Waals surface area contributed by atoms with Crippen molar-refractivity contribution in [1.82, 2.24) is 0 Å². The molecule has 0 N–H and O–H groups in total. The largest absolute Gasteiger partial charge is 0.455 e. The van der Waals surface area contributed by atoms with E-state index in [1.165, 1.54) is 245 Å². The Bertz CT molecular complexity index is 10900. The smallest absolute Gasteiger partial charge is 0.143 e. The van der Waals surface area contributed by atoms with Crippen LogP contribution in [-0.2, 0) is 5.41 Å². The molecule has 1 spiro atoms. The van der Waals surface area contributed by atoms with Gasteiger partial charge < -0.3 is 13.3 Å². The lowest BCUT2D eigenvalue weighted by Gasteiger charge is -2.30. The summed E-state index contributed by atoms with van der Waals surface area (Å²) in [5.74, 6) is 0. The standard InChI is InChI=1S/C53H30O.C44H24O.C42H24O/c1-4-16-45-38(11-1)39-12-2-5-17-46(39)53(45)47-18-6-3-13-40(47)41-26-23-35(30-48(41)53)37-14-8-15-43-44-29-34(24-28-49(44)54-52(37)43)36-25-21-33-20-19-31-9-7-10-32-22-27-42(36)51(33)50(31)32;1-4-25-10-12-29-14-19-32(34-21-16-27(6-1)40(25)42(29)34)31-18-23-39-38(24-31)37-9-3-8-36(44(37)45-39)33-20-15-30-13-11-26-5-2-7-28-17-22-35(33)43(30)41(26)28;1-2-9-30-25(6-1)16-21-34-32(30)10-4-11-33(34)36-12-5-13-37-38-24-29(19-23-39(38)43-42(36)37)31-20-17-28-15-14-26-7-3-8-27-18-22-35(31)41(28)40(26)27/h1-30H;1-24H;1-24H. The summed E-state index contributed by atoms with van der Waals surface area (Å²) >= 11 is 0. The van der Waals surface area contributed by atoms with Crippen molar-refractivity contribution in [2.75, 3.05) is 0 Å². The first-order chi connectivity index (χ1) is 70.4. The number of para-hydroxylation sites is 3. The van der Waals surface area contributed by atoms with Crippen molar-refractivity contribution >= 4 is 217 Å². The Hall–Kier alpha value is -18.5. The predicted octanol–water partition coefficient (Wildman–Crippen LogP) is 39.0. The Morgan fingerprint density at radius 2 is 0.366 bits per heavy atom. The van der Waals surface area contributed by atoms with E-state index in [0.717, 1.165) is 82.5 Å². The average Bonchev–Trinajstić information content (AvgIpc) is 1.50. The quantitative estimate of drug-likeness (QED) is 0.156. The summed E-state index contributed by atoms with van der Waals surface area (Å²) in [6.45, 7) is 0. The first-order valence-corrected chi connectivity index (χ1v) is 49.3. The number of hydrogen-bond acceptors (Lipinski definition) is 3. The fourth-order valence-corrected chi connectivity index (χ4v) is 26.0. The zero-order valence-electron chi connectivity index (χ0n) is 76.8. The van der Waals surface area contributed by atoms with Gasteiger partial charge in [0.1, 0.15) is 33.5 Å². The lowest BCUT2D eigenvalue weighted by Crippen LogP contribution is -2.25. The highest BCUT2D eigenvalue weighted by Gasteiger charge is 2.52. The minimum absolute atomic E-state index is 0.382. The van der Waals surface area contributed by atoms with Crippen LogP contribution >= 0.6 is 0 Å². The molecular formula is C139H78O3. The van der Waals surface area contributed by atoms with Gasteiger partial charge in [-0.05, 0) is 288 Å². The molecule has 142 heavy (non-hydrogen) atoms. The third-order valence-electron chi connectivity index (χ3n) is 32.2. The van der Waals surface area contributed by atoms with Gasteiger partial charge in [-0.25, -0.2) is 0 Å². The topological polar surface area (TPSA) is 39.4 Å². The molecule has 0 amide bonds. The van der Waals surface area contributed by atoms with Gasteiger partial charge in [0.2, 0.25) is 0 Å². The van der Waals surface area contributed by atoms with Crippen molar-refractivity contribution < 1.29 is 13.3 Å². The van der Waals surface area contributed by atoms with E-state index in [0.29, 0.717) is 0 Å². The van der Waals surface area contributed by atoms with Gasteiger partial charge in [-0.15, -0.1) is 0 Å². The predicted molar refractivity (Wildman–Crippen MR) is 600 cm³/mol. The summed E-state index contributed by atoms with van der Waals surface area (Å²) in [7, 11) is 0. The Balaban J connectivity index is 0.0000000966. The van der Waals surface area contributed by atoms with Gasteiger partial charge in [-0.2, -0.15) is 0 Å². The zero-order valence-corrected chi connectivity index (χ0v) is 76.8. The number of furan rings is 3. The highest BCUT2D eigenvalue weighted by atomic mass is 16.3. The van der Waals surface area contributed by atoms with Gasteiger partial charge in [0.25, 0.3) is 0 Å². The second-order valence-corrected chi connectivity index (χ2v) is 39.2. The van der Waals surface area contributed by atoms with Gasteiger partial charge in [0.15, 0.2) is 0 Å². The maximum atomic E-state index is 6.82. The molecule has 2 aliphatic carbocycles. The first-order valence-electron chi connectivity index (χ1n) is 49.3. The molecule has 3 heterocycles. The maximum Gasteiger partial charge on any atom is 0.143 e. The van der Waals surface area contributed by atoms with Gasteiger partial charge in [-0.1, -0.05) is 431 Å². The third-order valence-corrected chi connectivity index (χ3v) is 32.2. The summed E-state index contributed by atoms with van der Waals surface area (Å²) in [5.41, 5.74) is 30.1. The Morgan fingerprint density at radius 1 is 0.120 bits per heavy atom. The van der Waals surface area contributed by atoms with Crippen molar-refractivity contribution in [2.24, 2.45) is 0 Å². The fraction of sp³-hybridized carbons (Fsp3) is 0.00719. The molecule has 0 aliphatic heterocycles. The molecule has 32 aromatic rings. The van der Waals surface area contributed by atoms with Crippen LogP contribution in [0.25, 0.3) is 306 Å². The molecule has 29 aromatic carbocycles. The van der Waals surface area contributed by atoms with E-state index < -0.39 is 0 Å². The van der Waals surface area contributed by atoms with Gasteiger partial charge in [0.05, 0.1) is 5.41 Å². The van der Waals surface area contributed by atoms with Crippen LogP contribution in [0.4, 0.5) is 0 Å². The molecule has 34 rings (SSSR count). The van der Waals surface area contributed by atoms with Crippen molar-refractivity contribution in [2.45, 2.75) is 5.41 Å². The number of hydrogen-bond donors (Lipinski definition) is 0. The summed E-state index contributed by atoms with van der Waals surface area (Å²) in [6, 6.07) is 174. The molecule has 0 atom stereocenters. The highest BCUT2D eigenvalue weighted by molar-refractivity contribution is 6.32. The minimum atomic E-state index is -0.382. The SMILES string of the molecule is c1cc2ccc3ccc(-c4ccc5oc6c(-c7ccc8ccc9cccc%10ccc7c8c9%10)cccc6c5c4)c4ccc(c1)c2c34.c1ccc2c(c1)-c1ccccc1C21c2ccccc2-c2ccc(-c3cccc4c3oc3ccc(-c5ccc6ccc7cccc8ccc5c6c78)cc34)cc21.c1ccc2c(c1)ccc1c(-c3cccc4c3oc3ccc(-c5ccc6ccc7cccc8ccc5c6c78)cc34)cccc12. The average molecular weight is 1800 g/mol. The Morgan fingerprint density at radius 3 is 0.775 bits per heavy atom. The first kappa shape index (κ1) is 77.6. The highest BCUT2D eigenvalue weighted by Crippen LogP contribution is 2.64. The molecule has 0 saturated heterocycles. The Labute approximate surface area is 813 Å². The lowest BCUT2D eigenvalue weighted by atomic mass is 9.70. The number of benzene rings is 29. The van der Waals surface area contributed by atoms with Crippen molar-refractivity contribution in [1.29, 1.82) is 0 Å². The van der Waals surface area contributed by atoms with Gasteiger partial charge >= 0.3 is 0 Å². The van der Waals surface area contributed by atoms with E-state index in [1.54, 1.807) is 0 Å². The minimum Gasteiger partial charge on any atom is -0.455 e. The van der Waals surface area contributed by atoms with Crippen molar-refractivity contribution in [3.8, 4) is 89.0 Å². The number of fused-ring (bicyclic) bond motifs is 22. The molecule has 3 aromatic heterocycles. The molecule has 0 saturated carbocycles. The van der Waals surface area contributed by atoms with Gasteiger partial charge in [0, 0.05) is 49.0 Å². The lowest BCUT2D eigenvalue weighted by molar-refractivity contribution is 0.669. The molecule has 652 valence electrons. The summed E-state index contributed by atoms with van der Waals surface area (Å²) in [5, 5.41) is 43.2. The fourth-order valence-electron chi connectivity index (χ4n) is 26.0. The zero-order chi connectivity index (χ0) is 92.4. The van der Waals surface area contributed by atoms with Crippen LogP contribution in [0, 0.1) is 0 Å². The molecular weight excluding hydrogens is 1720 g/mol. The normalized spacial score (nSPS) is 12.8. The van der Waals surface area contributed by atoms with E-state index in [2.05, 4.69) is 473 Å². The molecule has 3 nitrogen and oxygen atoms in total. The van der Waals surface area contributed by atoms with E-state index in [1.807, 2.05) is 0 Å². The second kappa shape index (κ2) is 29.3. The molecule has 2 aliphatic rings. The van der Waals surface area contributed by atoms with Gasteiger partial charge in [-0.3, -0.25) is 0 Å². The molecule has 0 fully saturated rings. The van der Waals surface area contributed by atoms with Crippen LogP contribution in [0.15, 0.2) is 486 Å². The van der Waals surface area contributed by atoms with E-state index >= 15 is 0 Å². The second-order valence-electron chi connectivity index (χ2n) is 39.2. The van der Waals surface area contributed by atoms with Crippen LogP contribution in [-0.4, -0.2) is 0 Å². The maximum absolute atomic E-state index is 6.82. The van der Waals surface area contributed by atoms with Crippen LogP contribution in [0.5, 0.6) is 0 Å². The summed E-state index contributed by atoms with van der Waals surface area (Å²) in [6.07, 6.45) is 0. The molecule has 0 bridgehead atoms. The van der Waals surface area contributed by atoms with Crippen LogP contribution in [0.2, 0.25) is 0 Å². The molecule has 0 unspecified atom stereocenters. The van der Waals surface area contributed by atoms with Crippen LogP contribution in [0.1, 0.15) is 22.3 Å². The molecule has 0 radical (unpaired) electrons.